The number of aryl methyl sites for hydroxylation is 1. The van der Waals surface area contributed by atoms with Crippen LogP contribution in [-0.2, 0) is 7.05 Å². The van der Waals surface area contributed by atoms with E-state index in [4.69, 9.17) is 4.74 Å². The van der Waals surface area contributed by atoms with E-state index in [1.54, 1.807) is 10.7 Å². The van der Waals surface area contributed by atoms with E-state index in [0.717, 1.165) is 10.9 Å². The first-order chi connectivity index (χ1) is 12.2. The fourth-order valence-electron chi connectivity index (χ4n) is 2.37. The lowest BCUT2D eigenvalue weighted by Crippen LogP contribution is -1.98. The van der Waals surface area contributed by atoms with Crippen molar-refractivity contribution in [2.24, 2.45) is 7.05 Å². The molecule has 4 aromatic rings. The Morgan fingerprint density at radius 3 is 2.68 bits per heavy atom. The molecule has 0 aliphatic rings. The van der Waals surface area contributed by atoms with E-state index in [1.807, 2.05) is 37.5 Å². The highest BCUT2D eigenvalue weighted by atomic mass is 16.5. The van der Waals surface area contributed by atoms with Crippen molar-refractivity contribution in [2.75, 3.05) is 5.32 Å². The molecule has 0 unspecified atom stereocenters. The maximum atomic E-state index is 9.24. The van der Waals surface area contributed by atoms with Gasteiger partial charge in [-0.25, -0.2) is 15.0 Å². The highest BCUT2D eigenvalue weighted by Crippen LogP contribution is 2.29. The van der Waals surface area contributed by atoms with Gasteiger partial charge in [0.05, 0.1) is 11.7 Å². The van der Waals surface area contributed by atoms with Crippen LogP contribution in [0.3, 0.4) is 0 Å². The standard InChI is InChI=1S/C17H14N6O2/c1-23-7-6-15(22-23)21-17-13-8-11(2-4-14(13)19-10-20-17)25-12-3-5-16(24)18-9-12/h2-10H,1H3,(H,18,24)(H,19,20,21,22). The summed E-state index contributed by atoms with van der Waals surface area (Å²) in [7, 11) is 1.85. The molecule has 0 aliphatic heterocycles. The number of aromatic nitrogens is 5. The molecule has 3 aromatic heterocycles. The lowest BCUT2D eigenvalue weighted by Gasteiger charge is -2.09. The lowest BCUT2D eigenvalue weighted by atomic mass is 10.2. The average Bonchev–Trinajstić information content (AvgIpc) is 3.02. The van der Waals surface area contributed by atoms with Crippen LogP contribution in [-0.4, -0.2) is 29.8 Å². The second-order valence-electron chi connectivity index (χ2n) is 5.36. The third kappa shape index (κ3) is 3.18. The molecule has 0 radical (unpaired) electrons. The van der Waals surface area contributed by atoms with E-state index in [-0.39, 0.29) is 5.88 Å². The predicted molar refractivity (Wildman–Crippen MR) is 92.0 cm³/mol. The van der Waals surface area contributed by atoms with Crippen LogP contribution in [0.15, 0.2) is 55.1 Å². The molecule has 0 aliphatic carbocycles. The molecule has 4 rings (SSSR count). The fraction of sp³-hybridized carbons (Fsp3) is 0.0588. The number of anilines is 2. The van der Waals surface area contributed by atoms with Crippen molar-refractivity contribution in [1.29, 1.82) is 0 Å². The van der Waals surface area contributed by atoms with Gasteiger partial charge in [0.15, 0.2) is 5.82 Å². The summed E-state index contributed by atoms with van der Waals surface area (Å²) in [6.07, 6.45) is 4.80. The van der Waals surface area contributed by atoms with Gasteiger partial charge in [0.25, 0.3) is 0 Å². The third-order valence-electron chi connectivity index (χ3n) is 3.52. The number of pyridine rings is 1. The van der Waals surface area contributed by atoms with Crippen molar-refractivity contribution in [3.63, 3.8) is 0 Å². The molecule has 3 heterocycles. The second-order valence-corrected chi connectivity index (χ2v) is 5.36. The Morgan fingerprint density at radius 1 is 1.04 bits per heavy atom. The highest BCUT2D eigenvalue weighted by Gasteiger charge is 2.08. The van der Waals surface area contributed by atoms with E-state index in [0.29, 0.717) is 23.1 Å². The average molecular weight is 334 g/mol. The normalized spacial score (nSPS) is 10.8. The maximum absolute atomic E-state index is 9.24. The van der Waals surface area contributed by atoms with E-state index in [1.165, 1.54) is 18.6 Å². The molecule has 2 N–H and O–H groups in total. The zero-order valence-corrected chi connectivity index (χ0v) is 13.3. The van der Waals surface area contributed by atoms with E-state index in [9.17, 15) is 5.11 Å². The number of rotatable bonds is 4. The number of hydrogen-bond donors (Lipinski definition) is 2. The van der Waals surface area contributed by atoms with Gasteiger partial charge in [0, 0.05) is 30.8 Å². The van der Waals surface area contributed by atoms with Gasteiger partial charge in [-0.15, -0.1) is 0 Å². The van der Waals surface area contributed by atoms with E-state index >= 15 is 0 Å². The predicted octanol–water partition coefficient (Wildman–Crippen LogP) is 3.00. The molecule has 8 nitrogen and oxygen atoms in total. The van der Waals surface area contributed by atoms with E-state index in [2.05, 4.69) is 25.4 Å². The number of aromatic hydroxyl groups is 1. The summed E-state index contributed by atoms with van der Waals surface area (Å²) >= 11 is 0. The topological polar surface area (TPSA) is 98.0 Å². The van der Waals surface area contributed by atoms with Gasteiger partial charge in [0.1, 0.15) is 23.6 Å². The van der Waals surface area contributed by atoms with Crippen LogP contribution >= 0.6 is 0 Å². The fourth-order valence-corrected chi connectivity index (χ4v) is 2.37. The van der Waals surface area contributed by atoms with Gasteiger partial charge in [0.2, 0.25) is 5.88 Å². The molecule has 0 bridgehead atoms. The van der Waals surface area contributed by atoms with Crippen molar-refractivity contribution in [3.8, 4) is 17.4 Å². The highest BCUT2D eigenvalue weighted by molar-refractivity contribution is 5.91. The Bertz CT molecular complexity index is 1030. The summed E-state index contributed by atoms with van der Waals surface area (Å²) in [5.74, 6) is 2.41. The Labute approximate surface area is 142 Å². The quantitative estimate of drug-likeness (QED) is 0.592. The minimum Gasteiger partial charge on any atom is -0.493 e. The summed E-state index contributed by atoms with van der Waals surface area (Å²) in [4.78, 5) is 12.4. The SMILES string of the molecule is Cn1ccc(Nc2ncnc3ccc(Oc4ccc(O)nc4)cc23)n1. The molecular formula is C17H14N6O2. The molecule has 0 fully saturated rings. The first-order valence-electron chi connectivity index (χ1n) is 7.52. The first-order valence-corrected chi connectivity index (χ1v) is 7.52. The van der Waals surface area contributed by atoms with Crippen molar-refractivity contribution < 1.29 is 9.84 Å². The van der Waals surface area contributed by atoms with Gasteiger partial charge in [-0.2, -0.15) is 5.10 Å². The Hall–Kier alpha value is -3.68. The van der Waals surface area contributed by atoms with Crippen molar-refractivity contribution >= 4 is 22.5 Å². The number of fused-ring (bicyclic) bond motifs is 1. The summed E-state index contributed by atoms with van der Waals surface area (Å²) < 4.78 is 7.48. The Balaban J connectivity index is 1.68. The smallest absolute Gasteiger partial charge is 0.210 e. The van der Waals surface area contributed by atoms with Gasteiger partial charge in [-0.3, -0.25) is 4.68 Å². The molecule has 0 saturated carbocycles. The van der Waals surface area contributed by atoms with Crippen LogP contribution in [0.2, 0.25) is 0 Å². The minimum absolute atomic E-state index is 0.0545. The van der Waals surface area contributed by atoms with Crippen LogP contribution in [0.5, 0.6) is 17.4 Å². The van der Waals surface area contributed by atoms with E-state index < -0.39 is 0 Å². The van der Waals surface area contributed by atoms with Gasteiger partial charge in [-0.05, 0) is 24.3 Å². The molecule has 0 saturated heterocycles. The van der Waals surface area contributed by atoms with Crippen molar-refractivity contribution in [3.05, 3.63) is 55.1 Å². The molecule has 8 heteroatoms. The summed E-state index contributed by atoms with van der Waals surface area (Å²) in [5, 5.41) is 17.5. The number of ether oxygens (including phenoxy) is 1. The van der Waals surface area contributed by atoms with Crippen LogP contribution in [0.4, 0.5) is 11.6 Å². The number of benzene rings is 1. The Morgan fingerprint density at radius 2 is 1.92 bits per heavy atom. The first kappa shape index (κ1) is 14.9. The molecule has 0 atom stereocenters. The summed E-state index contributed by atoms with van der Waals surface area (Å²) in [6, 6.07) is 10.5. The van der Waals surface area contributed by atoms with Gasteiger partial charge >= 0.3 is 0 Å². The van der Waals surface area contributed by atoms with Crippen molar-refractivity contribution in [1.82, 2.24) is 24.7 Å². The third-order valence-corrected chi connectivity index (χ3v) is 3.52. The summed E-state index contributed by atoms with van der Waals surface area (Å²) in [5.41, 5.74) is 0.782. The lowest BCUT2D eigenvalue weighted by molar-refractivity contribution is 0.443. The van der Waals surface area contributed by atoms with Crippen LogP contribution in [0, 0.1) is 0 Å². The Kier molecular flexibility index (Phi) is 3.62. The zero-order valence-electron chi connectivity index (χ0n) is 13.3. The van der Waals surface area contributed by atoms with Crippen molar-refractivity contribution in [2.45, 2.75) is 0 Å². The molecule has 1 aromatic carbocycles. The molecule has 25 heavy (non-hydrogen) atoms. The van der Waals surface area contributed by atoms with Crippen LogP contribution in [0.1, 0.15) is 0 Å². The number of hydrogen-bond acceptors (Lipinski definition) is 7. The molecular weight excluding hydrogens is 320 g/mol. The van der Waals surface area contributed by atoms with Gasteiger partial charge in [-0.1, -0.05) is 0 Å². The maximum Gasteiger partial charge on any atom is 0.210 e. The number of nitrogens with zero attached hydrogens (tertiary/aromatic N) is 5. The monoisotopic (exact) mass is 334 g/mol. The summed E-state index contributed by atoms with van der Waals surface area (Å²) in [6.45, 7) is 0. The van der Waals surface area contributed by atoms with Crippen LogP contribution < -0.4 is 10.1 Å². The van der Waals surface area contributed by atoms with Crippen LogP contribution in [0.25, 0.3) is 10.9 Å². The molecule has 124 valence electrons. The largest absolute Gasteiger partial charge is 0.493 e. The minimum atomic E-state index is -0.0545. The van der Waals surface area contributed by atoms with Gasteiger partial charge < -0.3 is 15.2 Å². The zero-order chi connectivity index (χ0) is 17.2. The molecule has 0 amide bonds. The number of nitrogens with one attached hydrogen (secondary N) is 1. The second kappa shape index (κ2) is 6.08. The molecule has 0 spiro atoms.